The van der Waals surface area contributed by atoms with Gasteiger partial charge in [-0.2, -0.15) is 23.4 Å². The molecule has 3 heterocycles. The van der Waals surface area contributed by atoms with Gasteiger partial charge in [0.1, 0.15) is 30.3 Å². The van der Waals surface area contributed by atoms with Gasteiger partial charge < -0.3 is 19.7 Å². The van der Waals surface area contributed by atoms with E-state index in [9.17, 15) is 27.9 Å². The molecule has 0 spiro atoms. The maximum atomic E-state index is 11.9. The Morgan fingerprint density at radius 1 is 1.18 bits per heavy atom. The SMILES string of the molecule is FOc1cccc(C(F)(F)F)n1.OC1CCOC(COc2ccnnc2)C1O. The molecule has 3 rings (SSSR count). The molecule has 0 saturated carbocycles. The molecule has 2 aromatic heterocycles. The van der Waals surface area contributed by atoms with Gasteiger partial charge in [0.15, 0.2) is 0 Å². The van der Waals surface area contributed by atoms with Crippen LogP contribution in [0, 0.1) is 0 Å². The molecule has 12 heteroatoms. The van der Waals surface area contributed by atoms with Crippen LogP contribution in [0.1, 0.15) is 12.1 Å². The smallest absolute Gasteiger partial charge is 0.433 e. The number of hydrogen-bond donors (Lipinski definition) is 2. The van der Waals surface area contributed by atoms with E-state index in [1.54, 1.807) is 6.07 Å². The van der Waals surface area contributed by atoms with Crippen molar-refractivity contribution in [3.8, 4) is 11.6 Å². The number of ether oxygens (including phenoxy) is 2. The summed E-state index contributed by atoms with van der Waals surface area (Å²) in [4.78, 5) is 5.88. The van der Waals surface area contributed by atoms with Gasteiger partial charge in [-0.1, -0.05) is 6.07 Å². The largest absolute Gasteiger partial charge is 0.489 e. The number of nitrogens with zero attached hydrogens (tertiary/aromatic N) is 3. The summed E-state index contributed by atoms with van der Waals surface area (Å²) in [7, 11) is 0. The Morgan fingerprint density at radius 2 is 1.96 bits per heavy atom. The molecule has 0 radical (unpaired) electrons. The van der Waals surface area contributed by atoms with Crippen molar-refractivity contribution in [3.63, 3.8) is 0 Å². The van der Waals surface area contributed by atoms with Gasteiger partial charge >= 0.3 is 6.18 Å². The molecule has 2 aromatic rings. The predicted molar refractivity (Wildman–Crippen MR) is 84.9 cm³/mol. The lowest BCUT2D eigenvalue weighted by atomic mass is 10.0. The normalized spacial score (nSPS) is 22.0. The summed E-state index contributed by atoms with van der Waals surface area (Å²) in [6.45, 7) is 0.616. The van der Waals surface area contributed by atoms with Crippen molar-refractivity contribution in [2.45, 2.75) is 30.9 Å². The minimum absolute atomic E-state index is 0.184. The summed E-state index contributed by atoms with van der Waals surface area (Å²) in [5, 5.41) is 26.3. The lowest BCUT2D eigenvalue weighted by molar-refractivity contribution is -0.144. The molecule has 28 heavy (non-hydrogen) atoms. The summed E-state index contributed by atoms with van der Waals surface area (Å²) < 4.78 is 57.6. The number of alkyl halides is 3. The van der Waals surface area contributed by atoms with Crippen LogP contribution in [-0.2, 0) is 10.9 Å². The first-order valence-electron chi connectivity index (χ1n) is 8.01. The fourth-order valence-corrected chi connectivity index (χ4v) is 2.16. The van der Waals surface area contributed by atoms with E-state index in [2.05, 4.69) is 20.1 Å². The highest BCUT2D eigenvalue weighted by Gasteiger charge is 2.33. The second-order valence-electron chi connectivity index (χ2n) is 5.58. The number of aromatic nitrogens is 3. The fraction of sp³-hybridized carbons (Fsp3) is 0.438. The second-order valence-corrected chi connectivity index (χ2v) is 5.58. The summed E-state index contributed by atoms with van der Waals surface area (Å²) in [5.41, 5.74) is -1.18. The zero-order valence-corrected chi connectivity index (χ0v) is 14.3. The first kappa shape index (κ1) is 21.7. The van der Waals surface area contributed by atoms with Crippen LogP contribution in [0.2, 0.25) is 0 Å². The predicted octanol–water partition coefficient (Wildman–Crippen LogP) is 1.73. The Morgan fingerprint density at radius 3 is 2.61 bits per heavy atom. The highest BCUT2D eigenvalue weighted by molar-refractivity contribution is 5.17. The lowest BCUT2D eigenvalue weighted by Crippen LogP contribution is -2.47. The van der Waals surface area contributed by atoms with Crippen molar-refractivity contribution < 1.29 is 42.3 Å². The molecular formula is C16H17F4N3O5. The Balaban J connectivity index is 0.000000209. The van der Waals surface area contributed by atoms with Crippen molar-refractivity contribution in [3.05, 3.63) is 42.4 Å². The zero-order chi connectivity index (χ0) is 20.6. The molecule has 0 aliphatic carbocycles. The van der Waals surface area contributed by atoms with Crippen molar-refractivity contribution in [2.75, 3.05) is 13.2 Å². The minimum Gasteiger partial charge on any atom is -0.489 e. The molecule has 3 atom stereocenters. The van der Waals surface area contributed by atoms with E-state index in [-0.39, 0.29) is 6.61 Å². The molecule has 154 valence electrons. The van der Waals surface area contributed by atoms with Crippen molar-refractivity contribution in [1.82, 2.24) is 15.2 Å². The van der Waals surface area contributed by atoms with Gasteiger partial charge in [-0.15, -0.1) is 0 Å². The molecule has 3 unspecified atom stereocenters. The Labute approximate surface area is 156 Å². The number of aliphatic hydroxyl groups is 2. The number of rotatable bonds is 4. The number of hydrogen-bond acceptors (Lipinski definition) is 8. The zero-order valence-electron chi connectivity index (χ0n) is 14.3. The summed E-state index contributed by atoms with van der Waals surface area (Å²) in [6, 6.07) is 4.38. The Kier molecular flexibility index (Phi) is 7.84. The van der Waals surface area contributed by atoms with E-state index in [0.29, 0.717) is 18.8 Å². The van der Waals surface area contributed by atoms with Crippen molar-refractivity contribution in [1.29, 1.82) is 0 Å². The monoisotopic (exact) mass is 407 g/mol. The quantitative estimate of drug-likeness (QED) is 0.738. The maximum absolute atomic E-state index is 11.9. The summed E-state index contributed by atoms with van der Waals surface area (Å²) in [6.07, 6.45) is -3.27. The average molecular weight is 407 g/mol. The topological polar surface area (TPSA) is 107 Å². The third-order valence-corrected chi connectivity index (χ3v) is 3.59. The van der Waals surface area contributed by atoms with E-state index in [4.69, 9.17) is 9.47 Å². The van der Waals surface area contributed by atoms with Crippen LogP contribution in [0.25, 0.3) is 0 Å². The van der Waals surface area contributed by atoms with Crippen LogP contribution in [0.4, 0.5) is 17.7 Å². The van der Waals surface area contributed by atoms with Gasteiger partial charge in [0, 0.05) is 23.3 Å². The average Bonchev–Trinajstić information content (AvgIpc) is 2.70. The van der Waals surface area contributed by atoms with Crippen LogP contribution >= 0.6 is 0 Å². The maximum Gasteiger partial charge on any atom is 0.433 e. The highest BCUT2D eigenvalue weighted by atomic mass is 19.4. The van der Waals surface area contributed by atoms with Crippen LogP contribution in [-0.4, -0.2) is 56.9 Å². The van der Waals surface area contributed by atoms with Crippen LogP contribution < -0.4 is 9.68 Å². The van der Waals surface area contributed by atoms with E-state index in [0.717, 1.165) is 18.2 Å². The fourth-order valence-electron chi connectivity index (χ4n) is 2.16. The standard InChI is InChI=1S/C10H14N2O4.C6H3F4NO/c13-8-2-4-15-9(10(8)14)6-16-7-1-3-11-12-5-7;7-6(8,9)4-2-1-3-5(11-4)12-10/h1,3,5,8-10,13-14H,2,4,6H2;1-3H. The molecule has 0 aromatic carbocycles. The third kappa shape index (κ3) is 6.55. The van der Waals surface area contributed by atoms with E-state index in [1.807, 2.05) is 0 Å². The first-order valence-corrected chi connectivity index (χ1v) is 8.01. The molecule has 1 saturated heterocycles. The van der Waals surface area contributed by atoms with Crippen LogP contribution in [0.15, 0.2) is 36.7 Å². The minimum atomic E-state index is -4.57. The van der Waals surface area contributed by atoms with Gasteiger partial charge in [-0.25, -0.2) is 4.98 Å². The molecule has 2 N–H and O–H groups in total. The summed E-state index contributed by atoms with van der Waals surface area (Å²) >= 11 is 0. The van der Waals surface area contributed by atoms with Gasteiger partial charge in [-0.05, 0) is 12.5 Å². The molecule has 0 amide bonds. The van der Waals surface area contributed by atoms with Gasteiger partial charge in [-0.3, -0.25) is 4.94 Å². The molecule has 8 nitrogen and oxygen atoms in total. The van der Waals surface area contributed by atoms with Gasteiger partial charge in [0.2, 0.25) is 0 Å². The Hall–Kier alpha value is -2.57. The molecule has 1 aliphatic rings. The first-order chi connectivity index (χ1) is 13.3. The van der Waals surface area contributed by atoms with E-state index < -0.39 is 36.1 Å². The number of aliphatic hydroxyl groups excluding tert-OH is 2. The van der Waals surface area contributed by atoms with Crippen LogP contribution in [0.5, 0.6) is 11.6 Å². The van der Waals surface area contributed by atoms with Gasteiger partial charge in [0.25, 0.3) is 5.88 Å². The highest BCUT2D eigenvalue weighted by Crippen LogP contribution is 2.28. The van der Waals surface area contributed by atoms with Crippen molar-refractivity contribution >= 4 is 0 Å². The summed E-state index contributed by atoms with van der Waals surface area (Å²) in [5.74, 6) is -0.143. The van der Waals surface area contributed by atoms with Gasteiger partial charge in [0.05, 0.1) is 18.5 Å². The van der Waals surface area contributed by atoms with Crippen molar-refractivity contribution in [2.24, 2.45) is 0 Å². The van der Waals surface area contributed by atoms with Crippen LogP contribution in [0.3, 0.4) is 0 Å². The number of halogens is 4. The van der Waals surface area contributed by atoms with E-state index >= 15 is 0 Å². The molecular weight excluding hydrogens is 390 g/mol. The molecule has 1 aliphatic heterocycles. The van der Waals surface area contributed by atoms with E-state index in [1.165, 1.54) is 12.4 Å². The molecule has 0 bridgehead atoms. The second kappa shape index (κ2) is 10.1. The molecule has 1 fully saturated rings. The third-order valence-electron chi connectivity index (χ3n) is 3.59. The number of pyridine rings is 1. The lowest BCUT2D eigenvalue weighted by Gasteiger charge is -2.31. The Bertz CT molecular complexity index is 723.